The number of allylic oxidation sites excluding steroid dienone is 2. The van der Waals surface area contributed by atoms with Gasteiger partial charge in [-0.05, 0) is 54.5 Å². The molecule has 2 amide bonds. The van der Waals surface area contributed by atoms with Crippen LogP contribution in [0.15, 0.2) is 22.2 Å². The van der Waals surface area contributed by atoms with Crippen LogP contribution in [0, 0.1) is 5.92 Å². The highest BCUT2D eigenvalue weighted by molar-refractivity contribution is 9.10. The van der Waals surface area contributed by atoms with Crippen LogP contribution >= 0.6 is 15.9 Å². The fourth-order valence-corrected chi connectivity index (χ4v) is 3.93. The molecule has 0 aliphatic heterocycles. The number of amides is 2. The van der Waals surface area contributed by atoms with E-state index in [2.05, 4.69) is 15.9 Å². The molecule has 0 aromatic heterocycles. The molecule has 4 N–H and O–H groups in total. The summed E-state index contributed by atoms with van der Waals surface area (Å²) in [6.45, 7) is 0. The van der Waals surface area contributed by atoms with E-state index in [0.29, 0.717) is 18.4 Å². The first-order valence-corrected chi connectivity index (χ1v) is 7.40. The van der Waals surface area contributed by atoms with E-state index in [0.717, 1.165) is 28.4 Å². The fourth-order valence-electron chi connectivity index (χ4n) is 3.31. The molecule has 1 atom stereocenters. The Labute approximate surface area is 125 Å². The van der Waals surface area contributed by atoms with E-state index in [1.54, 1.807) is 6.07 Å². The van der Waals surface area contributed by atoms with Crippen molar-refractivity contribution >= 4 is 33.3 Å². The Bertz CT molecular complexity index is 664. The number of carbonyl (C=O) groups excluding carboxylic acids is 2. The standard InChI is InChI=1S/C15H15BrN2O2/c16-12-4-3-10(15(18)20)11-6-8-5-7(14(17)19)1-2-9(8)13(11)12/h3-4,7H,1-2,5-6H2,(H2,17,19)(H2,18,20). The van der Waals surface area contributed by atoms with Gasteiger partial charge >= 0.3 is 0 Å². The first-order valence-electron chi connectivity index (χ1n) is 6.60. The van der Waals surface area contributed by atoms with E-state index in [9.17, 15) is 9.59 Å². The molecule has 0 radical (unpaired) electrons. The highest BCUT2D eigenvalue weighted by Crippen LogP contribution is 2.46. The largest absolute Gasteiger partial charge is 0.369 e. The molecule has 0 spiro atoms. The molecule has 0 saturated heterocycles. The van der Waals surface area contributed by atoms with Crippen LogP contribution in [-0.2, 0) is 11.2 Å². The summed E-state index contributed by atoms with van der Waals surface area (Å²) in [7, 11) is 0. The van der Waals surface area contributed by atoms with Crippen LogP contribution < -0.4 is 11.5 Å². The maximum Gasteiger partial charge on any atom is 0.249 e. The summed E-state index contributed by atoms with van der Waals surface area (Å²) in [5.74, 6) is -0.722. The van der Waals surface area contributed by atoms with Gasteiger partial charge in [0.1, 0.15) is 0 Å². The Morgan fingerprint density at radius 3 is 2.65 bits per heavy atom. The normalized spacial score (nSPS) is 20.6. The van der Waals surface area contributed by atoms with E-state index < -0.39 is 5.91 Å². The lowest BCUT2D eigenvalue weighted by Gasteiger charge is -2.21. The van der Waals surface area contributed by atoms with Crippen molar-refractivity contribution < 1.29 is 9.59 Å². The molecule has 1 unspecified atom stereocenters. The maximum atomic E-state index is 11.6. The molecule has 0 heterocycles. The quantitative estimate of drug-likeness (QED) is 0.868. The van der Waals surface area contributed by atoms with Gasteiger partial charge in [0.15, 0.2) is 0 Å². The first kappa shape index (κ1) is 13.4. The number of hydrogen-bond donors (Lipinski definition) is 2. The van der Waals surface area contributed by atoms with Crippen molar-refractivity contribution in [3.8, 4) is 0 Å². The highest BCUT2D eigenvalue weighted by atomic mass is 79.9. The second kappa shape index (κ2) is 4.74. The van der Waals surface area contributed by atoms with Crippen molar-refractivity contribution in [1.29, 1.82) is 0 Å². The Morgan fingerprint density at radius 1 is 1.25 bits per heavy atom. The number of rotatable bonds is 2. The monoisotopic (exact) mass is 334 g/mol. The topological polar surface area (TPSA) is 86.2 Å². The summed E-state index contributed by atoms with van der Waals surface area (Å²) in [5.41, 5.74) is 16.0. The molecular formula is C15H15BrN2O2. The van der Waals surface area contributed by atoms with E-state index in [-0.39, 0.29) is 11.8 Å². The molecule has 2 aliphatic rings. The molecule has 1 aromatic carbocycles. The number of hydrogen-bond acceptors (Lipinski definition) is 2. The molecule has 0 saturated carbocycles. The lowest BCUT2D eigenvalue weighted by molar-refractivity contribution is -0.122. The van der Waals surface area contributed by atoms with Crippen molar-refractivity contribution in [2.45, 2.75) is 25.7 Å². The summed E-state index contributed by atoms with van der Waals surface area (Å²) in [6, 6.07) is 3.63. The van der Waals surface area contributed by atoms with Crippen molar-refractivity contribution in [3.05, 3.63) is 38.9 Å². The number of fused-ring (bicyclic) bond motifs is 2. The summed E-state index contributed by atoms with van der Waals surface area (Å²) in [6.07, 6.45) is 3.01. The van der Waals surface area contributed by atoms with Crippen LogP contribution in [0.2, 0.25) is 0 Å². The Hall–Kier alpha value is -1.62. The molecule has 0 bridgehead atoms. The lowest BCUT2D eigenvalue weighted by atomic mass is 9.84. The summed E-state index contributed by atoms with van der Waals surface area (Å²) in [4.78, 5) is 22.9. The van der Waals surface area contributed by atoms with Crippen molar-refractivity contribution in [2.75, 3.05) is 0 Å². The second-order valence-corrected chi connectivity index (χ2v) is 6.27. The summed E-state index contributed by atoms with van der Waals surface area (Å²) >= 11 is 3.56. The minimum absolute atomic E-state index is 0.0844. The summed E-state index contributed by atoms with van der Waals surface area (Å²) < 4.78 is 0.986. The van der Waals surface area contributed by atoms with E-state index in [1.165, 1.54) is 11.1 Å². The maximum absolute atomic E-state index is 11.6. The number of benzene rings is 1. The molecule has 20 heavy (non-hydrogen) atoms. The summed E-state index contributed by atoms with van der Waals surface area (Å²) in [5, 5.41) is 0. The van der Waals surface area contributed by atoms with Gasteiger partial charge in [-0.15, -0.1) is 0 Å². The molecular weight excluding hydrogens is 320 g/mol. The zero-order valence-corrected chi connectivity index (χ0v) is 12.5. The van der Waals surface area contributed by atoms with Crippen molar-refractivity contribution in [3.63, 3.8) is 0 Å². The lowest BCUT2D eigenvalue weighted by Crippen LogP contribution is -2.25. The average molecular weight is 335 g/mol. The Kier molecular flexibility index (Phi) is 3.17. The average Bonchev–Trinajstić information content (AvgIpc) is 2.77. The number of nitrogens with two attached hydrogens (primary N) is 2. The molecule has 1 aromatic rings. The van der Waals surface area contributed by atoms with E-state index in [1.807, 2.05) is 6.07 Å². The third kappa shape index (κ3) is 1.97. The van der Waals surface area contributed by atoms with Gasteiger partial charge < -0.3 is 11.5 Å². The van der Waals surface area contributed by atoms with Gasteiger partial charge in [0.2, 0.25) is 11.8 Å². The van der Waals surface area contributed by atoms with Crippen LogP contribution in [0.4, 0.5) is 0 Å². The smallest absolute Gasteiger partial charge is 0.249 e. The fraction of sp³-hybridized carbons (Fsp3) is 0.333. The van der Waals surface area contributed by atoms with Gasteiger partial charge in [-0.2, -0.15) is 0 Å². The molecule has 3 rings (SSSR count). The zero-order chi connectivity index (χ0) is 14.4. The van der Waals surface area contributed by atoms with Crippen LogP contribution in [-0.4, -0.2) is 11.8 Å². The Balaban J connectivity index is 2.06. The van der Waals surface area contributed by atoms with Crippen LogP contribution in [0.3, 0.4) is 0 Å². The van der Waals surface area contributed by atoms with Gasteiger partial charge in [0, 0.05) is 16.0 Å². The van der Waals surface area contributed by atoms with E-state index >= 15 is 0 Å². The molecule has 2 aliphatic carbocycles. The molecule has 5 heteroatoms. The second-order valence-electron chi connectivity index (χ2n) is 5.41. The minimum Gasteiger partial charge on any atom is -0.369 e. The van der Waals surface area contributed by atoms with E-state index in [4.69, 9.17) is 11.5 Å². The molecule has 4 nitrogen and oxygen atoms in total. The number of primary amides is 2. The molecule has 0 fully saturated rings. The predicted molar refractivity (Wildman–Crippen MR) is 79.8 cm³/mol. The van der Waals surface area contributed by atoms with Crippen LogP contribution in [0.1, 0.15) is 40.7 Å². The van der Waals surface area contributed by atoms with Gasteiger partial charge in [-0.25, -0.2) is 0 Å². The van der Waals surface area contributed by atoms with Gasteiger partial charge in [-0.1, -0.05) is 21.5 Å². The Morgan fingerprint density at radius 2 is 2.00 bits per heavy atom. The van der Waals surface area contributed by atoms with Crippen LogP contribution in [0.25, 0.3) is 5.57 Å². The minimum atomic E-state index is -0.403. The van der Waals surface area contributed by atoms with Crippen molar-refractivity contribution in [2.24, 2.45) is 17.4 Å². The van der Waals surface area contributed by atoms with Crippen LogP contribution in [0.5, 0.6) is 0 Å². The zero-order valence-electron chi connectivity index (χ0n) is 10.9. The van der Waals surface area contributed by atoms with Crippen molar-refractivity contribution in [1.82, 2.24) is 0 Å². The van der Waals surface area contributed by atoms with Gasteiger partial charge in [0.25, 0.3) is 0 Å². The highest BCUT2D eigenvalue weighted by Gasteiger charge is 2.33. The van der Waals surface area contributed by atoms with Gasteiger partial charge in [-0.3, -0.25) is 9.59 Å². The predicted octanol–water partition coefficient (Wildman–Crippen LogP) is 2.14. The van der Waals surface area contributed by atoms with Gasteiger partial charge in [0.05, 0.1) is 0 Å². The third-order valence-corrected chi connectivity index (χ3v) is 4.95. The molecule has 104 valence electrons. The SMILES string of the molecule is NC(=O)c1ccc(Br)c2c1CC1=C2CCC(C(N)=O)C1. The number of halogens is 1. The number of carbonyl (C=O) groups is 2. The first-order chi connectivity index (χ1) is 9.49. The third-order valence-electron chi connectivity index (χ3n) is 4.28.